The number of anilines is 1. The Morgan fingerprint density at radius 3 is 2.63 bits per heavy atom. The number of carbonyl (C=O) groups is 1. The molecule has 3 rings (SSSR count). The van der Waals surface area contributed by atoms with E-state index in [-0.39, 0.29) is 23.6 Å². The highest BCUT2D eigenvalue weighted by Gasteiger charge is 2.10. The van der Waals surface area contributed by atoms with E-state index in [9.17, 15) is 9.59 Å². The lowest BCUT2D eigenvalue weighted by molar-refractivity contribution is -0.116. The van der Waals surface area contributed by atoms with E-state index in [0.29, 0.717) is 18.1 Å². The molecule has 2 aromatic heterocycles. The molecular formula is C21H21N3O3. The molecule has 0 aliphatic carbocycles. The second-order valence-electron chi connectivity index (χ2n) is 6.26. The van der Waals surface area contributed by atoms with Crippen molar-refractivity contribution >= 4 is 11.7 Å². The number of rotatable bonds is 6. The van der Waals surface area contributed by atoms with E-state index in [4.69, 9.17) is 4.74 Å². The summed E-state index contributed by atoms with van der Waals surface area (Å²) in [6.45, 7) is 3.99. The number of amides is 1. The van der Waals surface area contributed by atoms with E-state index < -0.39 is 0 Å². The zero-order chi connectivity index (χ0) is 19.2. The number of aryl methyl sites for hydroxylation is 2. The maximum absolute atomic E-state index is 12.3. The highest BCUT2D eigenvalue weighted by atomic mass is 16.5. The minimum Gasteiger partial charge on any atom is -0.483 e. The van der Waals surface area contributed by atoms with Crippen molar-refractivity contribution in [1.29, 1.82) is 0 Å². The van der Waals surface area contributed by atoms with Gasteiger partial charge in [0.1, 0.15) is 19.0 Å². The number of benzene rings is 1. The topological polar surface area (TPSA) is 73.2 Å². The van der Waals surface area contributed by atoms with E-state index in [2.05, 4.69) is 10.3 Å². The van der Waals surface area contributed by atoms with Crippen molar-refractivity contribution in [1.82, 2.24) is 9.55 Å². The number of nitrogens with one attached hydrogen (secondary N) is 1. The summed E-state index contributed by atoms with van der Waals surface area (Å²) >= 11 is 0. The molecule has 0 saturated carbocycles. The molecule has 0 radical (unpaired) electrons. The van der Waals surface area contributed by atoms with Crippen LogP contribution in [0.4, 0.5) is 5.82 Å². The van der Waals surface area contributed by atoms with Crippen LogP contribution in [0.25, 0.3) is 0 Å². The molecule has 1 N–H and O–H groups in total. The van der Waals surface area contributed by atoms with Gasteiger partial charge in [-0.25, -0.2) is 4.98 Å². The number of nitrogens with zero attached hydrogens (tertiary/aromatic N) is 2. The van der Waals surface area contributed by atoms with Gasteiger partial charge in [-0.1, -0.05) is 36.4 Å². The maximum atomic E-state index is 12.3. The third-order valence-corrected chi connectivity index (χ3v) is 4.02. The fraction of sp³-hybridized carbons (Fsp3) is 0.190. The van der Waals surface area contributed by atoms with E-state index in [0.717, 1.165) is 11.3 Å². The Hall–Kier alpha value is -3.41. The van der Waals surface area contributed by atoms with Gasteiger partial charge in [-0.05, 0) is 31.5 Å². The summed E-state index contributed by atoms with van der Waals surface area (Å²) in [5.74, 6) is 0.485. The van der Waals surface area contributed by atoms with Gasteiger partial charge in [0, 0.05) is 17.5 Å². The number of pyridine rings is 2. The molecule has 2 heterocycles. The van der Waals surface area contributed by atoms with E-state index in [1.807, 2.05) is 49.4 Å². The van der Waals surface area contributed by atoms with Crippen LogP contribution in [-0.4, -0.2) is 15.5 Å². The van der Waals surface area contributed by atoms with Crippen LogP contribution in [0, 0.1) is 13.8 Å². The van der Waals surface area contributed by atoms with Gasteiger partial charge in [0.25, 0.3) is 0 Å². The molecule has 0 saturated heterocycles. The number of ether oxygens (including phenoxy) is 1. The van der Waals surface area contributed by atoms with Gasteiger partial charge in [0.15, 0.2) is 5.75 Å². The highest BCUT2D eigenvalue weighted by Crippen LogP contribution is 2.10. The lowest BCUT2D eigenvalue weighted by Gasteiger charge is -2.13. The van der Waals surface area contributed by atoms with Crippen LogP contribution in [0.5, 0.6) is 5.75 Å². The van der Waals surface area contributed by atoms with Crippen LogP contribution in [0.15, 0.2) is 65.6 Å². The second-order valence-corrected chi connectivity index (χ2v) is 6.26. The summed E-state index contributed by atoms with van der Waals surface area (Å²) in [7, 11) is 0. The van der Waals surface area contributed by atoms with E-state index in [1.54, 1.807) is 23.8 Å². The van der Waals surface area contributed by atoms with Crippen molar-refractivity contribution in [2.45, 2.75) is 27.0 Å². The SMILES string of the molecule is Cc1cccc(NC(=O)Cn2cc(OCc3ccccc3)c(=O)cc2C)n1. The monoisotopic (exact) mass is 363 g/mol. The fourth-order valence-corrected chi connectivity index (χ4v) is 2.61. The molecule has 0 bridgehead atoms. The molecule has 3 aromatic rings. The molecule has 0 atom stereocenters. The minimum atomic E-state index is -0.228. The van der Waals surface area contributed by atoms with Gasteiger partial charge in [-0.2, -0.15) is 0 Å². The van der Waals surface area contributed by atoms with Crippen LogP contribution >= 0.6 is 0 Å². The van der Waals surface area contributed by atoms with Crippen molar-refractivity contribution in [3.63, 3.8) is 0 Å². The molecule has 1 aromatic carbocycles. The van der Waals surface area contributed by atoms with E-state index in [1.165, 1.54) is 6.07 Å². The van der Waals surface area contributed by atoms with Crippen LogP contribution in [0.2, 0.25) is 0 Å². The highest BCUT2D eigenvalue weighted by molar-refractivity contribution is 5.89. The van der Waals surface area contributed by atoms with Crippen molar-refractivity contribution in [2.24, 2.45) is 0 Å². The summed E-state index contributed by atoms with van der Waals surface area (Å²) in [5.41, 5.74) is 2.26. The van der Waals surface area contributed by atoms with Crippen molar-refractivity contribution in [3.05, 3.63) is 88.0 Å². The Morgan fingerprint density at radius 2 is 1.89 bits per heavy atom. The smallest absolute Gasteiger partial charge is 0.245 e. The van der Waals surface area contributed by atoms with Gasteiger partial charge in [0.05, 0.1) is 6.20 Å². The third-order valence-electron chi connectivity index (χ3n) is 4.02. The molecule has 138 valence electrons. The minimum absolute atomic E-state index is 0.0590. The lowest BCUT2D eigenvalue weighted by atomic mass is 10.2. The van der Waals surface area contributed by atoms with Gasteiger partial charge < -0.3 is 14.6 Å². The van der Waals surface area contributed by atoms with Crippen LogP contribution in [0.1, 0.15) is 17.0 Å². The van der Waals surface area contributed by atoms with Crippen molar-refractivity contribution in [3.8, 4) is 5.75 Å². The number of hydrogen-bond donors (Lipinski definition) is 1. The maximum Gasteiger partial charge on any atom is 0.245 e. The zero-order valence-electron chi connectivity index (χ0n) is 15.3. The third kappa shape index (κ3) is 5.04. The average Bonchev–Trinajstić information content (AvgIpc) is 2.64. The fourth-order valence-electron chi connectivity index (χ4n) is 2.61. The zero-order valence-corrected chi connectivity index (χ0v) is 15.3. The van der Waals surface area contributed by atoms with Gasteiger partial charge >= 0.3 is 0 Å². The van der Waals surface area contributed by atoms with Crippen molar-refractivity contribution < 1.29 is 9.53 Å². The summed E-state index contributed by atoms with van der Waals surface area (Å²) in [5, 5.41) is 2.76. The summed E-state index contributed by atoms with van der Waals surface area (Å²) in [4.78, 5) is 28.8. The Labute approximate surface area is 157 Å². The van der Waals surface area contributed by atoms with Gasteiger partial charge in [-0.15, -0.1) is 0 Å². The first-order chi connectivity index (χ1) is 13.0. The first-order valence-electron chi connectivity index (χ1n) is 8.62. The average molecular weight is 363 g/mol. The molecule has 0 spiro atoms. The van der Waals surface area contributed by atoms with Crippen LogP contribution in [-0.2, 0) is 17.9 Å². The Bertz CT molecular complexity index is 997. The molecular weight excluding hydrogens is 342 g/mol. The summed E-state index contributed by atoms with van der Waals surface area (Å²) in [6.07, 6.45) is 1.57. The predicted molar refractivity (Wildman–Crippen MR) is 104 cm³/mol. The largest absolute Gasteiger partial charge is 0.483 e. The lowest BCUT2D eigenvalue weighted by Crippen LogP contribution is -2.22. The Kier molecular flexibility index (Phi) is 5.66. The summed E-state index contributed by atoms with van der Waals surface area (Å²) in [6, 6.07) is 16.5. The first kappa shape index (κ1) is 18.4. The number of carbonyl (C=O) groups excluding carboxylic acids is 1. The molecule has 0 aliphatic rings. The molecule has 1 amide bonds. The number of hydrogen-bond acceptors (Lipinski definition) is 4. The Balaban J connectivity index is 1.71. The van der Waals surface area contributed by atoms with Crippen LogP contribution in [0.3, 0.4) is 0 Å². The summed E-state index contributed by atoms with van der Waals surface area (Å²) < 4.78 is 7.34. The van der Waals surface area contributed by atoms with Gasteiger partial charge in [-0.3, -0.25) is 9.59 Å². The number of aromatic nitrogens is 2. The second kappa shape index (κ2) is 8.31. The van der Waals surface area contributed by atoms with Crippen molar-refractivity contribution in [2.75, 3.05) is 5.32 Å². The molecule has 0 fully saturated rings. The molecule has 6 heteroatoms. The van der Waals surface area contributed by atoms with Crippen LogP contribution < -0.4 is 15.5 Å². The quantitative estimate of drug-likeness (QED) is 0.730. The molecule has 0 unspecified atom stereocenters. The van der Waals surface area contributed by atoms with E-state index >= 15 is 0 Å². The predicted octanol–water partition coefficient (Wildman–Crippen LogP) is 3.08. The standard InChI is InChI=1S/C21H21N3O3/c1-15-7-6-10-20(22-15)23-21(26)13-24-12-19(18(25)11-16(24)2)27-14-17-8-4-3-5-9-17/h3-12H,13-14H2,1-2H3,(H,22,23,26). The first-order valence-corrected chi connectivity index (χ1v) is 8.62. The van der Waals surface area contributed by atoms with Gasteiger partial charge in [0.2, 0.25) is 11.3 Å². The molecule has 6 nitrogen and oxygen atoms in total. The molecule has 0 aliphatic heterocycles. The molecule has 27 heavy (non-hydrogen) atoms. The normalized spacial score (nSPS) is 10.4. The Morgan fingerprint density at radius 1 is 1.11 bits per heavy atom.